The zero-order chi connectivity index (χ0) is 15.2. The number of carbonyl (C=O) groups excluding carboxylic acids is 1. The predicted octanol–water partition coefficient (Wildman–Crippen LogP) is 2.89. The van der Waals surface area contributed by atoms with Crippen LogP contribution < -0.4 is 5.32 Å². The first-order valence-electron chi connectivity index (χ1n) is 6.94. The average molecular weight is 278 g/mol. The molecule has 0 fully saturated rings. The number of hydrogen-bond donors (Lipinski definition) is 1. The Morgan fingerprint density at radius 2 is 2.00 bits per heavy atom. The highest BCUT2D eigenvalue weighted by Crippen LogP contribution is 2.18. The number of hydrogen-bond acceptors (Lipinski definition) is 3. The molecule has 0 aliphatic rings. The maximum atomic E-state index is 11.3. The van der Waals surface area contributed by atoms with E-state index < -0.39 is 0 Å². The topological polar surface area (TPSA) is 41.6 Å². The summed E-state index contributed by atoms with van der Waals surface area (Å²) in [5.41, 5.74) is 2.07. The third-order valence-electron chi connectivity index (χ3n) is 3.56. The van der Waals surface area contributed by atoms with E-state index in [1.54, 1.807) is 18.9 Å². The third-order valence-corrected chi connectivity index (χ3v) is 3.56. The zero-order valence-electron chi connectivity index (χ0n) is 13.2. The molecule has 0 atom stereocenters. The van der Waals surface area contributed by atoms with Crippen molar-refractivity contribution < 1.29 is 9.53 Å². The van der Waals surface area contributed by atoms with Gasteiger partial charge in [-0.25, -0.2) is 0 Å². The van der Waals surface area contributed by atoms with E-state index in [0.717, 1.165) is 24.2 Å². The van der Waals surface area contributed by atoms with Gasteiger partial charge < -0.3 is 15.0 Å². The van der Waals surface area contributed by atoms with Crippen LogP contribution in [0.15, 0.2) is 24.3 Å². The van der Waals surface area contributed by atoms with Crippen LogP contribution in [0.2, 0.25) is 0 Å². The van der Waals surface area contributed by atoms with Crippen LogP contribution in [0.25, 0.3) is 0 Å². The SMILES string of the molecule is COC(C)(C)CCNc1ccccc1CN(C)C(C)=O. The van der Waals surface area contributed by atoms with Crippen molar-refractivity contribution in [2.24, 2.45) is 0 Å². The van der Waals surface area contributed by atoms with E-state index in [1.165, 1.54) is 0 Å². The van der Waals surface area contributed by atoms with E-state index in [0.29, 0.717) is 6.54 Å². The number of amides is 1. The van der Waals surface area contributed by atoms with Crippen LogP contribution in [0.5, 0.6) is 0 Å². The van der Waals surface area contributed by atoms with E-state index in [1.807, 2.05) is 31.3 Å². The van der Waals surface area contributed by atoms with Gasteiger partial charge in [0.05, 0.1) is 5.60 Å². The van der Waals surface area contributed by atoms with Gasteiger partial charge in [0, 0.05) is 39.9 Å². The molecule has 0 saturated carbocycles. The van der Waals surface area contributed by atoms with Crippen LogP contribution in [-0.2, 0) is 16.1 Å². The Labute approximate surface area is 122 Å². The maximum absolute atomic E-state index is 11.3. The summed E-state index contributed by atoms with van der Waals surface area (Å²) in [5, 5.41) is 3.43. The van der Waals surface area contributed by atoms with Crippen LogP contribution in [0.3, 0.4) is 0 Å². The fourth-order valence-electron chi connectivity index (χ4n) is 1.80. The summed E-state index contributed by atoms with van der Waals surface area (Å²) in [6.45, 7) is 7.18. The van der Waals surface area contributed by atoms with Crippen LogP contribution >= 0.6 is 0 Å². The molecule has 0 radical (unpaired) electrons. The van der Waals surface area contributed by atoms with Crippen LogP contribution in [0, 0.1) is 0 Å². The van der Waals surface area contributed by atoms with Gasteiger partial charge in [-0.3, -0.25) is 4.79 Å². The van der Waals surface area contributed by atoms with Gasteiger partial charge in [-0.2, -0.15) is 0 Å². The number of nitrogens with one attached hydrogen (secondary N) is 1. The second-order valence-corrected chi connectivity index (χ2v) is 5.67. The molecule has 4 heteroatoms. The molecule has 1 rings (SSSR count). The normalized spacial score (nSPS) is 11.2. The van der Waals surface area contributed by atoms with Crippen molar-refractivity contribution in [2.45, 2.75) is 39.3 Å². The molecule has 0 bridgehead atoms. The maximum Gasteiger partial charge on any atom is 0.219 e. The Bertz CT molecular complexity index is 444. The van der Waals surface area contributed by atoms with Crippen molar-refractivity contribution in [1.29, 1.82) is 0 Å². The quantitative estimate of drug-likeness (QED) is 0.834. The summed E-state index contributed by atoms with van der Waals surface area (Å²) in [7, 11) is 3.54. The Morgan fingerprint density at radius 1 is 1.35 bits per heavy atom. The molecule has 0 aliphatic carbocycles. The van der Waals surface area contributed by atoms with Gasteiger partial charge in [-0.15, -0.1) is 0 Å². The third kappa shape index (κ3) is 5.21. The van der Waals surface area contributed by atoms with E-state index >= 15 is 0 Å². The number of ether oxygens (including phenoxy) is 1. The van der Waals surface area contributed by atoms with Gasteiger partial charge in [0.15, 0.2) is 0 Å². The Kier molecular flexibility index (Phi) is 6.02. The highest BCUT2D eigenvalue weighted by molar-refractivity contribution is 5.73. The molecule has 4 nitrogen and oxygen atoms in total. The first kappa shape index (κ1) is 16.5. The number of methoxy groups -OCH3 is 1. The molecule has 0 aromatic heterocycles. The Balaban J connectivity index is 2.64. The number of carbonyl (C=O) groups is 1. The minimum absolute atomic E-state index is 0.0697. The van der Waals surface area contributed by atoms with Crippen molar-refractivity contribution >= 4 is 11.6 Å². The summed E-state index contributed by atoms with van der Waals surface area (Å²) in [6.07, 6.45) is 0.917. The van der Waals surface area contributed by atoms with E-state index in [4.69, 9.17) is 4.74 Å². The fourth-order valence-corrected chi connectivity index (χ4v) is 1.80. The Hall–Kier alpha value is -1.55. The van der Waals surface area contributed by atoms with Gasteiger partial charge >= 0.3 is 0 Å². The first-order valence-corrected chi connectivity index (χ1v) is 6.94. The van der Waals surface area contributed by atoms with Crippen LogP contribution in [-0.4, -0.2) is 37.1 Å². The largest absolute Gasteiger partial charge is 0.385 e. The lowest BCUT2D eigenvalue weighted by atomic mass is 10.1. The molecule has 0 unspecified atom stereocenters. The van der Waals surface area contributed by atoms with E-state index in [9.17, 15) is 4.79 Å². The van der Waals surface area contributed by atoms with Gasteiger partial charge in [0.1, 0.15) is 0 Å². The van der Waals surface area contributed by atoms with Crippen molar-refractivity contribution in [3.8, 4) is 0 Å². The molecule has 0 heterocycles. The smallest absolute Gasteiger partial charge is 0.219 e. The summed E-state index contributed by atoms with van der Waals surface area (Å²) < 4.78 is 5.41. The zero-order valence-corrected chi connectivity index (χ0v) is 13.2. The molecule has 112 valence electrons. The van der Waals surface area contributed by atoms with Crippen molar-refractivity contribution in [3.05, 3.63) is 29.8 Å². The van der Waals surface area contributed by atoms with Gasteiger partial charge in [-0.05, 0) is 31.9 Å². The predicted molar refractivity (Wildman–Crippen MR) is 82.8 cm³/mol. The number of para-hydroxylation sites is 1. The minimum Gasteiger partial charge on any atom is -0.385 e. The lowest BCUT2D eigenvalue weighted by Crippen LogP contribution is -2.26. The lowest BCUT2D eigenvalue weighted by molar-refractivity contribution is -0.128. The summed E-state index contributed by atoms with van der Waals surface area (Å²) in [4.78, 5) is 13.0. The first-order chi connectivity index (χ1) is 9.35. The molecule has 0 spiro atoms. The van der Waals surface area contributed by atoms with Gasteiger partial charge in [-0.1, -0.05) is 18.2 Å². The number of benzene rings is 1. The lowest BCUT2D eigenvalue weighted by Gasteiger charge is -2.24. The van der Waals surface area contributed by atoms with Crippen LogP contribution in [0.4, 0.5) is 5.69 Å². The average Bonchev–Trinajstić information content (AvgIpc) is 2.40. The molecule has 1 aromatic carbocycles. The number of rotatable bonds is 7. The number of anilines is 1. The summed E-state index contributed by atoms with van der Waals surface area (Å²) in [5.74, 6) is 0.0697. The van der Waals surface area contributed by atoms with Gasteiger partial charge in [0.2, 0.25) is 5.91 Å². The Morgan fingerprint density at radius 3 is 2.60 bits per heavy atom. The molecular formula is C16H26N2O2. The fraction of sp³-hybridized carbons (Fsp3) is 0.562. The van der Waals surface area contributed by atoms with Gasteiger partial charge in [0.25, 0.3) is 0 Å². The highest BCUT2D eigenvalue weighted by Gasteiger charge is 2.15. The van der Waals surface area contributed by atoms with Crippen molar-refractivity contribution in [2.75, 3.05) is 26.0 Å². The standard InChI is InChI=1S/C16H26N2O2/c1-13(19)18(4)12-14-8-6-7-9-15(14)17-11-10-16(2,3)20-5/h6-9,17H,10-12H2,1-5H3. The molecule has 1 N–H and O–H groups in total. The second-order valence-electron chi connectivity index (χ2n) is 5.67. The highest BCUT2D eigenvalue weighted by atomic mass is 16.5. The molecule has 20 heavy (non-hydrogen) atoms. The summed E-state index contributed by atoms with van der Waals surface area (Å²) >= 11 is 0. The molecule has 1 amide bonds. The monoisotopic (exact) mass is 278 g/mol. The second kappa shape index (κ2) is 7.29. The van der Waals surface area contributed by atoms with E-state index in [2.05, 4.69) is 19.2 Å². The molecule has 0 saturated heterocycles. The summed E-state index contributed by atoms with van der Waals surface area (Å²) in [6, 6.07) is 8.08. The van der Waals surface area contributed by atoms with Crippen molar-refractivity contribution in [1.82, 2.24) is 4.90 Å². The number of nitrogens with zero attached hydrogens (tertiary/aromatic N) is 1. The molecular weight excluding hydrogens is 252 g/mol. The van der Waals surface area contributed by atoms with E-state index in [-0.39, 0.29) is 11.5 Å². The molecule has 0 aliphatic heterocycles. The van der Waals surface area contributed by atoms with Crippen LogP contribution in [0.1, 0.15) is 32.8 Å². The minimum atomic E-state index is -0.127. The van der Waals surface area contributed by atoms with Crippen molar-refractivity contribution in [3.63, 3.8) is 0 Å². The molecule has 1 aromatic rings.